The van der Waals surface area contributed by atoms with Crippen LogP contribution in [-0.4, -0.2) is 41.6 Å². The average Bonchev–Trinajstić information content (AvgIpc) is 2.34. The lowest BCUT2D eigenvalue weighted by molar-refractivity contribution is 0.0892. The summed E-state index contributed by atoms with van der Waals surface area (Å²) in [6.45, 7) is 5.74. The second-order valence-corrected chi connectivity index (χ2v) is 7.17. The monoisotopic (exact) mass is 256 g/mol. The molecule has 3 heteroatoms. The Balaban J connectivity index is 1.91. The van der Waals surface area contributed by atoms with E-state index in [1.807, 2.05) is 0 Å². The SMILES string of the molecule is CCC1CCN(CC2(SC)CCC2)C(CN)C1. The molecule has 100 valence electrons. The van der Waals surface area contributed by atoms with Crippen LogP contribution >= 0.6 is 11.8 Å². The molecule has 0 aromatic rings. The smallest absolute Gasteiger partial charge is 0.0284 e. The number of hydrogen-bond acceptors (Lipinski definition) is 3. The molecule has 0 bridgehead atoms. The highest BCUT2D eigenvalue weighted by Gasteiger charge is 2.40. The second-order valence-electron chi connectivity index (χ2n) is 5.90. The Kier molecular flexibility index (Phi) is 4.79. The zero-order chi connectivity index (χ0) is 12.3. The van der Waals surface area contributed by atoms with Gasteiger partial charge in [0.05, 0.1) is 0 Å². The van der Waals surface area contributed by atoms with Gasteiger partial charge in [0.25, 0.3) is 0 Å². The van der Waals surface area contributed by atoms with Gasteiger partial charge in [-0.1, -0.05) is 19.8 Å². The summed E-state index contributed by atoms with van der Waals surface area (Å²) in [4.78, 5) is 2.70. The van der Waals surface area contributed by atoms with Gasteiger partial charge in [-0.25, -0.2) is 0 Å². The molecule has 0 amide bonds. The number of likely N-dealkylation sites (tertiary alicyclic amines) is 1. The third-order valence-corrected chi connectivity index (χ3v) is 6.39. The van der Waals surface area contributed by atoms with Gasteiger partial charge in [0, 0.05) is 23.9 Å². The Morgan fingerprint density at radius 3 is 2.65 bits per heavy atom. The van der Waals surface area contributed by atoms with E-state index >= 15 is 0 Å². The van der Waals surface area contributed by atoms with Gasteiger partial charge in [-0.05, 0) is 44.4 Å². The third-order valence-electron chi connectivity index (χ3n) is 4.98. The normalized spacial score (nSPS) is 33.4. The number of rotatable bonds is 5. The van der Waals surface area contributed by atoms with E-state index in [0.717, 1.165) is 12.5 Å². The summed E-state index contributed by atoms with van der Waals surface area (Å²) >= 11 is 2.09. The summed E-state index contributed by atoms with van der Waals surface area (Å²) in [5.41, 5.74) is 5.98. The van der Waals surface area contributed by atoms with Crippen LogP contribution in [0.3, 0.4) is 0 Å². The number of nitrogens with two attached hydrogens (primary N) is 1. The van der Waals surface area contributed by atoms with Crippen molar-refractivity contribution < 1.29 is 0 Å². The maximum atomic E-state index is 5.98. The molecule has 0 aromatic heterocycles. The van der Waals surface area contributed by atoms with Gasteiger partial charge >= 0.3 is 0 Å². The minimum Gasteiger partial charge on any atom is -0.329 e. The second kappa shape index (κ2) is 5.94. The van der Waals surface area contributed by atoms with E-state index in [4.69, 9.17) is 5.73 Å². The van der Waals surface area contributed by atoms with Crippen LogP contribution in [-0.2, 0) is 0 Å². The van der Waals surface area contributed by atoms with E-state index in [2.05, 4.69) is 29.8 Å². The van der Waals surface area contributed by atoms with E-state index in [9.17, 15) is 0 Å². The van der Waals surface area contributed by atoms with Crippen LogP contribution in [0.15, 0.2) is 0 Å². The molecule has 2 fully saturated rings. The number of nitrogens with zero attached hydrogens (tertiary/aromatic N) is 1. The van der Waals surface area contributed by atoms with Crippen molar-refractivity contribution >= 4 is 11.8 Å². The molecule has 2 atom stereocenters. The van der Waals surface area contributed by atoms with E-state index < -0.39 is 0 Å². The molecule has 2 rings (SSSR count). The van der Waals surface area contributed by atoms with E-state index in [-0.39, 0.29) is 0 Å². The Labute approximate surface area is 111 Å². The predicted molar refractivity (Wildman–Crippen MR) is 77.5 cm³/mol. The topological polar surface area (TPSA) is 29.3 Å². The lowest BCUT2D eigenvalue weighted by atomic mass is 9.81. The van der Waals surface area contributed by atoms with Gasteiger partial charge in [-0.15, -0.1) is 0 Å². The molecule has 1 aliphatic heterocycles. The number of piperidine rings is 1. The molecule has 0 aromatic carbocycles. The van der Waals surface area contributed by atoms with Crippen LogP contribution in [0, 0.1) is 5.92 Å². The minimum atomic E-state index is 0.576. The van der Waals surface area contributed by atoms with Crippen molar-refractivity contribution in [3.8, 4) is 0 Å². The highest BCUT2D eigenvalue weighted by molar-refractivity contribution is 8.00. The van der Waals surface area contributed by atoms with Crippen LogP contribution < -0.4 is 5.73 Å². The Hall–Kier alpha value is 0.270. The largest absolute Gasteiger partial charge is 0.329 e. The van der Waals surface area contributed by atoms with Gasteiger partial charge in [-0.3, -0.25) is 4.90 Å². The van der Waals surface area contributed by atoms with Gasteiger partial charge in [-0.2, -0.15) is 11.8 Å². The first-order chi connectivity index (χ1) is 8.23. The van der Waals surface area contributed by atoms with Crippen molar-refractivity contribution in [1.82, 2.24) is 4.90 Å². The van der Waals surface area contributed by atoms with Crippen LogP contribution in [0.4, 0.5) is 0 Å². The summed E-state index contributed by atoms with van der Waals surface area (Å²) in [6, 6.07) is 0.651. The van der Waals surface area contributed by atoms with Crippen LogP contribution in [0.2, 0.25) is 0 Å². The van der Waals surface area contributed by atoms with Crippen molar-refractivity contribution in [2.45, 2.75) is 56.2 Å². The first-order valence-corrected chi connectivity index (χ1v) is 8.45. The number of thioether (sulfide) groups is 1. The number of hydrogen-bond donors (Lipinski definition) is 1. The Morgan fingerprint density at radius 2 is 2.18 bits per heavy atom. The van der Waals surface area contributed by atoms with Crippen molar-refractivity contribution in [3.05, 3.63) is 0 Å². The quantitative estimate of drug-likeness (QED) is 0.820. The molecular weight excluding hydrogens is 228 g/mol. The predicted octanol–water partition coefficient (Wildman–Crippen LogP) is 2.72. The van der Waals surface area contributed by atoms with Gasteiger partial charge in [0.2, 0.25) is 0 Å². The molecule has 1 saturated carbocycles. The lowest BCUT2D eigenvalue weighted by Gasteiger charge is -2.48. The maximum Gasteiger partial charge on any atom is 0.0284 e. The Bertz CT molecular complexity index is 235. The fraction of sp³-hybridized carbons (Fsp3) is 1.00. The summed E-state index contributed by atoms with van der Waals surface area (Å²) in [5.74, 6) is 0.923. The summed E-state index contributed by atoms with van der Waals surface area (Å²) in [6.07, 6.45) is 10.6. The van der Waals surface area contributed by atoms with Gasteiger partial charge in [0.1, 0.15) is 0 Å². The third kappa shape index (κ3) is 2.99. The molecule has 17 heavy (non-hydrogen) atoms. The van der Waals surface area contributed by atoms with E-state index in [1.54, 1.807) is 0 Å². The molecule has 2 aliphatic rings. The van der Waals surface area contributed by atoms with E-state index in [1.165, 1.54) is 51.6 Å². The van der Waals surface area contributed by atoms with Gasteiger partial charge in [0.15, 0.2) is 0 Å². The zero-order valence-corrected chi connectivity index (χ0v) is 12.3. The van der Waals surface area contributed by atoms with Crippen molar-refractivity contribution in [3.63, 3.8) is 0 Å². The molecule has 2 nitrogen and oxygen atoms in total. The molecule has 2 unspecified atom stereocenters. The molecule has 1 aliphatic carbocycles. The van der Waals surface area contributed by atoms with Gasteiger partial charge < -0.3 is 5.73 Å². The first kappa shape index (κ1) is 13.7. The Morgan fingerprint density at radius 1 is 1.41 bits per heavy atom. The van der Waals surface area contributed by atoms with Crippen molar-refractivity contribution in [2.75, 3.05) is 25.9 Å². The molecule has 0 spiro atoms. The van der Waals surface area contributed by atoms with Crippen LogP contribution in [0.5, 0.6) is 0 Å². The fourth-order valence-electron chi connectivity index (χ4n) is 3.37. The van der Waals surface area contributed by atoms with Crippen LogP contribution in [0.25, 0.3) is 0 Å². The molecule has 1 heterocycles. The fourth-order valence-corrected chi connectivity index (χ4v) is 4.37. The summed E-state index contributed by atoms with van der Waals surface area (Å²) in [7, 11) is 0. The molecule has 0 radical (unpaired) electrons. The van der Waals surface area contributed by atoms with Crippen molar-refractivity contribution in [2.24, 2.45) is 11.7 Å². The summed E-state index contributed by atoms with van der Waals surface area (Å²) < 4.78 is 0.576. The average molecular weight is 256 g/mol. The first-order valence-electron chi connectivity index (χ1n) is 7.22. The summed E-state index contributed by atoms with van der Waals surface area (Å²) in [5, 5.41) is 0. The highest BCUT2D eigenvalue weighted by atomic mass is 32.2. The maximum absolute atomic E-state index is 5.98. The van der Waals surface area contributed by atoms with E-state index in [0.29, 0.717) is 10.8 Å². The van der Waals surface area contributed by atoms with Crippen LogP contribution in [0.1, 0.15) is 45.4 Å². The highest BCUT2D eigenvalue weighted by Crippen LogP contribution is 2.44. The lowest BCUT2D eigenvalue weighted by Crippen LogP contribution is -2.54. The zero-order valence-electron chi connectivity index (χ0n) is 11.5. The molecular formula is C14H28N2S. The van der Waals surface area contributed by atoms with Crippen molar-refractivity contribution in [1.29, 1.82) is 0 Å². The molecule has 1 saturated heterocycles. The molecule has 2 N–H and O–H groups in total. The minimum absolute atomic E-state index is 0.576. The standard InChI is InChI=1S/C14H28N2S/c1-3-12-5-8-16(13(9-12)10-15)11-14(17-2)6-4-7-14/h12-13H,3-11,15H2,1-2H3.